The zero-order valence-electron chi connectivity index (χ0n) is 9.80. The van der Waals surface area contributed by atoms with Crippen LogP contribution in [0.4, 0.5) is 17.6 Å². The van der Waals surface area contributed by atoms with Gasteiger partial charge in [-0.3, -0.25) is 4.79 Å². The number of halogens is 4. The number of amides is 1. The topological polar surface area (TPSA) is 55.1 Å². The van der Waals surface area contributed by atoms with E-state index in [4.69, 9.17) is 5.73 Å². The van der Waals surface area contributed by atoms with Gasteiger partial charge in [0.05, 0.1) is 11.6 Å². The summed E-state index contributed by atoms with van der Waals surface area (Å²) >= 11 is 0. The van der Waals surface area contributed by atoms with Crippen LogP contribution >= 0.6 is 0 Å². The van der Waals surface area contributed by atoms with Crippen LogP contribution in [0, 0.1) is 5.82 Å². The Hall–Kier alpha value is -1.63. The second kappa shape index (κ2) is 4.80. The van der Waals surface area contributed by atoms with E-state index in [1.807, 2.05) is 0 Å². The van der Waals surface area contributed by atoms with Gasteiger partial charge in [0.15, 0.2) is 0 Å². The number of nitrogens with two attached hydrogens (primary N) is 1. The molecule has 1 heterocycles. The smallest absolute Gasteiger partial charge is 0.348 e. The number of piperidine rings is 1. The summed E-state index contributed by atoms with van der Waals surface area (Å²) in [6, 6.07) is 1.45. The van der Waals surface area contributed by atoms with Gasteiger partial charge in [0, 0.05) is 12.5 Å². The van der Waals surface area contributed by atoms with Crippen molar-refractivity contribution in [2.24, 2.45) is 5.73 Å². The standard InChI is InChI=1S/C12H12F4N2O/c13-8-2-1-6(5-7(8)12(14,15)16)11-9(17)3-4-10(19)18-11/h1-2,5,9,11H,3-4,17H2,(H,18,19). The van der Waals surface area contributed by atoms with Crippen molar-refractivity contribution >= 4 is 5.91 Å². The summed E-state index contributed by atoms with van der Waals surface area (Å²) in [5.74, 6) is -1.61. The molecule has 2 rings (SSSR count). The average Bonchev–Trinajstić information content (AvgIpc) is 2.31. The number of rotatable bonds is 1. The van der Waals surface area contributed by atoms with E-state index in [1.54, 1.807) is 0 Å². The second-order valence-electron chi connectivity index (χ2n) is 4.48. The molecule has 104 valence electrons. The van der Waals surface area contributed by atoms with Gasteiger partial charge in [-0.25, -0.2) is 4.39 Å². The summed E-state index contributed by atoms with van der Waals surface area (Å²) in [4.78, 5) is 11.3. The molecule has 1 aliphatic heterocycles. The van der Waals surface area contributed by atoms with Gasteiger partial charge >= 0.3 is 6.18 Å². The number of nitrogens with one attached hydrogen (secondary N) is 1. The monoisotopic (exact) mass is 276 g/mol. The SMILES string of the molecule is NC1CCC(=O)NC1c1ccc(F)c(C(F)(F)F)c1. The first-order valence-corrected chi connectivity index (χ1v) is 5.70. The van der Waals surface area contributed by atoms with Gasteiger partial charge in [0.25, 0.3) is 0 Å². The molecule has 0 bridgehead atoms. The Morgan fingerprint density at radius 1 is 1.32 bits per heavy atom. The third-order valence-corrected chi connectivity index (χ3v) is 3.10. The molecule has 0 spiro atoms. The molecule has 1 amide bonds. The van der Waals surface area contributed by atoms with Gasteiger partial charge < -0.3 is 11.1 Å². The Morgan fingerprint density at radius 3 is 2.63 bits per heavy atom. The van der Waals surface area contributed by atoms with Crippen molar-refractivity contribution in [2.45, 2.75) is 31.1 Å². The number of hydrogen-bond acceptors (Lipinski definition) is 2. The van der Waals surface area contributed by atoms with E-state index < -0.39 is 29.6 Å². The highest BCUT2D eigenvalue weighted by Gasteiger charge is 2.36. The highest BCUT2D eigenvalue weighted by molar-refractivity contribution is 5.77. The maximum absolute atomic E-state index is 13.2. The van der Waals surface area contributed by atoms with Crippen LogP contribution in [0.1, 0.15) is 30.0 Å². The molecular formula is C12H12F4N2O. The van der Waals surface area contributed by atoms with Crippen LogP contribution in [0.2, 0.25) is 0 Å². The van der Waals surface area contributed by atoms with Crippen LogP contribution in [0.3, 0.4) is 0 Å². The van der Waals surface area contributed by atoms with Crippen LogP contribution < -0.4 is 11.1 Å². The van der Waals surface area contributed by atoms with Crippen LogP contribution in [0.5, 0.6) is 0 Å². The fourth-order valence-electron chi connectivity index (χ4n) is 2.10. The number of benzene rings is 1. The molecule has 19 heavy (non-hydrogen) atoms. The first-order chi connectivity index (χ1) is 8.79. The molecule has 1 aliphatic rings. The van der Waals surface area contributed by atoms with Gasteiger partial charge in [-0.15, -0.1) is 0 Å². The van der Waals surface area contributed by atoms with E-state index in [0.717, 1.165) is 6.07 Å². The summed E-state index contributed by atoms with van der Waals surface area (Å²) in [6.07, 6.45) is -4.15. The van der Waals surface area contributed by atoms with Crippen molar-refractivity contribution in [1.82, 2.24) is 5.32 Å². The van der Waals surface area contributed by atoms with Gasteiger partial charge in [0.2, 0.25) is 5.91 Å². The quantitative estimate of drug-likeness (QED) is 0.772. The Labute approximate surface area is 106 Å². The van der Waals surface area contributed by atoms with Gasteiger partial charge in [0.1, 0.15) is 5.82 Å². The molecule has 1 aromatic carbocycles. The predicted molar refractivity (Wildman–Crippen MR) is 59.5 cm³/mol. The maximum atomic E-state index is 13.2. The Bertz CT molecular complexity index is 501. The van der Waals surface area contributed by atoms with Crippen LogP contribution in [-0.2, 0) is 11.0 Å². The third-order valence-electron chi connectivity index (χ3n) is 3.10. The van der Waals surface area contributed by atoms with Crippen LogP contribution in [-0.4, -0.2) is 11.9 Å². The van der Waals surface area contributed by atoms with E-state index in [1.165, 1.54) is 6.07 Å². The molecule has 0 aliphatic carbocycles. The van der Waals surface area contributed by atoms with E-state index in [2.05, 4.69) is 5.32 Å². The molecule has 3 nitrogen and oxygen atoms in total. The van der Waals surface area contributed by atoms with Crippen molar-refractivity contribution in [1.29, 1.82) is 0 Å². The number of hydrogen-bond donors (Lipinski definition) is 2. The molecule has 2 atom stereocenters. The number of carbonyl (C=O) groups excluding carboxylic acids is 1. The summed E-state index contributed by atoms with van der Waals surface area (Å²) in [5.41, 5.74) is 4.59. The molecule has 0 radical (unpaired) electrons. The minimum Gasteiger partial charge on any atom is -0.348 e. The van der Waals surface area contributed by atoms with Crippen molar-refractivity contribution in [3.8, 4) is 0 Å². The highest BCUT2D eigenvalue weighted by atomic mass is 19.4. The summed E-state index contributed by atoms with van der Waals surface area (Å²) in [7, 11) is 0. The molecule has 3 N–H and O–H groups in total. The van der Waals surface area contributed by atoms with Crippen molar-refractivity contribution < 1.29 is 22.4 Å². The first kappa shape index (κ1) is 13.8. The normalized spacial score (nSPS) is 24.2. The molecule has 1 aromatic rings. The first-order valence-electron chi connectivity index (χ1n) is 5.70. The molecule has 7 heteroatoms. The Kier molecular flexibility index (Phi) is 3.49. The largest absolute Gasteiger partial charge is 0.419 e. The lowest BCUT2D eigenvalue weighted by molar-refractivity contribution is -0.140. The molecule has 0 aromatic heterocycles. The zero-order valence-corrected chi connectivity index (χ0v) is 9.80. The van der Waals surface area contributed by atoms with Crippen LogP contribution in [0.25, 0.3) is 0 Å². The lowest BCUT2D eigenvalue weighted by Crippen LogP contribution is -2.45. The lowest BCUT2D eigenvalue weighted by atomic mass is 9.91. The molecule has 0 saturated carbocycles. The van der Waals surface area contributed by atoms with E-state index in [-0.39, 0.29) is 17.9 Å². The maximum Gasteiger partial charge on any atom is 0.419 e. The van der Waals surface area contributed by atoms with Crippen molar-refractivity contribution in [3.63, 3.8) is 0 Å². The number of alkyl halides is 3. The van der Waals surface area contributed by atoms with Crippen LogP contribution in [0.15, 0.2) is 18.2 Å². The van der Waals surface area contributed by atoms with E-state index in [0.29, 0.717) is 12.5 Å². The minimum atomic E-state index is -4.77. The number of carbonyl (C=O) groups is 1. The second-order valence-corrected chi connectivity index (χ2v) is 4.48. The van der Waals surface area contributed by atoms with Gasteiger partial charge in [-0.1, -0.05) is 6.07 Å². The molecule has 1 saturated heterocycles. The molecule has 1 fully saturated rings. The summed E-state index contributed by atoms with van der Waals surface area (Å²) in [6.45, 7) is 0. The fourth-order valence-corrected chi connectivity index (χ4v) is 2.10. The van der Waals surface area contributed by atoms with Crippen molar-refractivity contribution in [3.05, 3.63) is 35.1 Å². The fraction of sp³-hybridized carbons (Fsp3) is 0.417. The summed E-state index contributed by atoms with van der Waals surface area (Å²) in [5, 5.41) is 2.53. The molecular weight excluding hydrogens is 264 g/mol. The Balaban J connectivity index is 2.37. The van der Waals surface area contributed by atoms with Crippen molar-refractivity contribution in [2.75, 3.05) is 0 Å². The lowest BCUT2D eigenvalue weighted by Gasteiger charge is -2.30. The summed E-state index contributed by atoms with van der Waals surface area (Å²) < 4.78 is 51.0. The average molecular weight is 276 g/mol. The predicted octanol–water partition coefficient (Wildman–Crippen LogP) is 2.12. The van der Waals surface area contributed by atoms with E-state index in [9.17, 15) is 22.4 Å². The van der Waals surface area contributed by atoms with Gasteiger partial charge in [-0.05, 0) is 24.1 Å². The zero-order chi connectivity index (χ0) is 14.2. The molecule has 2 unspecified atom stereocenters. The van der Waals surface area contributed by atoms with E-state index >= 15 is 0 Å². The van der Waals surface area contributed by atoms with Gasteiger partial charge in [-0.2, -0.15) is 13.2 Å². The minimum absolute atomic E-state index is 0.161. The highest BCUT2D eigenvalue weighted by Crippen LogP contribution is 2.34. The Morgan fingerprint density at radius 2 is 2.00 bits per heavy atom. The third kappa shape index (κ3) is 2.86.